The van der Waals surface area contributed by atoms with Crippen molar-refractivity contribution in [1.82, 2.24) is 0 Å². The van der Waals surface area contributed by atoms with Crippen LogP contribution < -0.4 is 5.73 Å². The Morgan fingerprint density at radius 1 is 1.38 bits per heavy atom. The number of esters is 1. The van der Waals surface area contributed by atoms with Crippen LogP contribution in [0.1, 0.15) is 25.7 Å². The first-order valence-corrected chi connectivity index (χ1v) is 4.70. The Balaban J connectivity index is 2.18. The minimum absolute atomic E-state index is 0.0428. The molecule has 2 aliphatic rings. The molecule has 2 N–H and O–H groups in total. The number of carbonyl (C=O) groups excluding carboxylic acids is 2. The maximum atomic E-state index is 11.3. The highest BCUT2D eigenvalue weighted by molar-refractivity contribution is 5.98. The molecule has 3 unspecified atom stereocenters. The fraction of sp³-hybridized carbons (Fsp3) is 0.778. The van der Waals surface area contributed by atoms with Crippen LogP contribution in [0.25, 0.3) is 0 Å². The second-order valence-corrected chi connectivity index (χ2v) is 3.80. The Labute approximate surface area is 76.4 Å². The molecule has 0 radical (unpaired) electrons. The summed E-state index contributed by atoms with van der Waals surface area (Å²) in [7, 11) is 0. The van der Waals surface area contributed by atoms with E-state index < -0.39 is 17.8 Å². The van der Waals surface area contributed by atoms with E-state index in [-0.39, 0.29) is 12.0 Å². The van der Waals surface area contributed by atoms with Crippen LogP contribution in [0, 0.1) is 11.8 Å². The van der Waals surface area contributed by atoms with Crippen LogP contribution >= 0.6 is 0 Å². The molecule has 2 rings (SSSR count). The molecule has 1 heterocycles. The summed E-state index contributed by atoms with van der Waals surface area (Å²) in [5.74, 6) is -1.56. The number of amides is 1. The van der Waals surface area contributed by atoms with Crippen molar-refractivity contribution in [2.24, 2.45) is 17.6 Å². The van der Waals surface area contributed by atoms with Gasteiger partial charge in [0.1, 0.15) is 12.0 Å². The van der Waals surface area contributed by atoms with Gasteiger partial charge in [0, 0.05) is 5.92 Å². The highest BCUT2D eigenvalue weighted by Gasteiger charge is 2.48. The Bertz CT molecular complexity index is 251. The molecule has 4 heteroatoms. The summed E-state index contributed by atoms with van der Waals surface area (Å²) in [6, 6.07) is 0. The maximum Gasteiger partial charge on any atom is 0.319 e. The van der Waals surface area contributed by atoms with E-state index in [1.807, 2.05) is 0 Å². The molecule has 1 saturated heterocycles. The van der Waals surface area contributed by atoms with Crippen molar-refractivity contribution in [3.8, 4) is 0 Å². The van der Waals surface area contributed by atoms with Crippen molar-refractivity contribution < 1.29 is 14.3 Å². The van der Waals surface area contributed by atoms with Crippen LogP contribution in [0.4, 0.5) is 0 Å². The number of hydrogen-bond donors (Lipinski definition) is 1. The summed E-state index contributed by atoms with van der Waals surface area (Å²) in [5, 5.41) is 0. The second-order valence-electron chi connectivity index (χ2n) is 3.80. The number of nitrogens with two attached hydrogens (primary N) is 1. The molecule has 1 aliphatic carbocycles. The lowest BCUT2D eigenvalue weighted by atomic mass is 9.80. The molecule has 4 nitrogen and oxygen atoms in total. The first-order valence-electron chi connectivity index (χ1n) is 4.70. The van der Waals surface area contributed by atoms with E-state index in [1.165, 1.54) is 0 Å². The average molecular weight is 183 g/mol. The molecule has 0 spiro atoms. The van der Waals surface area contributed by atoms with E-state index in [2.05, 4.69) is 0 Å². The third-order valence-electron chi connectivity index (χ3n) is 3.01. The zero-order valence-electron chi connectivity index (χ0n) is 7.36. The topological polar surface area (TPSA) is 69.4 Å². The molecule has 1 amide bonds. The zero-order valence-corrected chi connectivity index (χ0v) is 7.36. The normalized spacial score (nSPS) is 38.2. The molecule has 13 heavy (non-hydrogen) atoms. The summed E-state index contributed by atoms with van der Waals surface area (Å²) in [6.07, 6.45) is 3.89. The van der Waals surface area contributed by atoms with Gasteiger partial charge in [-0.25, -0.2) is 0 Å². The fourth-order valence-electron chi connectivity index (χ4n) is 2.38. The van der Waals surface area contributed by atoms with Crippen LogP contribution in [-0.2, 0) is 14.3 Å². The number of rotatable bonds is 1. The number of hydrogen-bond acceptors (Lipinski definition) is 3. The van der Waals surface area contributed by atoms with Crippen LogP contribution in [-0.4, -0.2) is 18.0 Å². The second kappa shape index (κ2) is 3.01. The van der Waals surface area contributed by atoms with Gasteiger partial charge in [0.05, 0.1) is 0 Å². The highest BCUT2D eigenvalue weighted by atomic mass is 16.6. The van der Waals surface area contributed by atoms with Crippen molar-refractivity contribution in [1.29, 1.82) is 0 Å². The van der Waals surface area contributed by atoms with Crippen molar-refractivity contribution >= 4 is 11.9 Å². The number of ether oxygens (including phenoxy) is 1. The van der Waals surface area contributed by atoms with Crippen molar-refractivity contribution in [3.63, 3.8) is 0 Å². The predicted molar refractivity (Wildman–Crippen MR) is 44.5 cm³/mol. The molecule has 0 aromatic heterocycles. The summed E-state index contributed by atoms with van der Waals surface area (Å²) >= 11 is 0. The van der Waals surface area contributed by atoms with E-state index >= 15 is 0 Å². The Kier molecular flexibility index (Phi) is 1.98. The third kappa shape index (κ3) is 1.30. The summed E-state index contributed by atoms with van der Waals surface area (Å²) in [4.78, 5) is 22.2. The minimum Gasteiger partial charge on any atom is -0.461 e. The van der Waals surface area contributed by atoms with Gasteiger partial charge in [0.25, 0.3) is 0 Å². The van der Waals surface area contributed by atoms with Crippen molar-refractivity contribution in [2.75, 3.05) is 0 Å². The number of carbonyl (C=O) groups is 2. The molecular weight excluding hydrogens is 170 g/mol. The molecule has 1 aliphatic heterocycles. The lowest BCUT2D eigenvalue weighted by molar-refractivity contribution is -0.146. The Morgan fingerprint density at radius 2 is 2.08 bits per heavy atom. The quantitative estimate of drug-likeness (QED) is 0.466. The lowest BCUT2D eigenvalue weighted by Gasteiger charge is -2.23. The molecule has 3 atom stereocenters. The molecule has 0 aromatic rings. The van der Waals surface area contributed by atoms with Gasteiger partial charge in [-0.1, -0.05) is 6.42 Å². The maximum absolute atomic E-state index is 11.3. The van der Waals surface area contributed by atoms with E-state index in [4.69, 9.17) is 10.5 Å². The molecular formula is C9H13NO3. The van der Waals surface area contributed by atoms with E-state index in [0.717, 1.165) is 25.7 Å². The van der Waals surface area contributed by atoms with E-state index in [1.54, 1.807) is 0 Å². The van der Waals surface area contributed by atoms with E-state index in [0.29, 0.717) is 0 Å². The third-order valence-corrected chi connectivity index (χ3v) is 3.01. The van der Waals surface area contributed by atoms with Gasteiger partial charge in [-0.15, -0.1) is 0 Å². The minimum atomic E-state index is -0.676. The van der Waals surface area contributed by atoms with Crippen LogP contribution in [0.15, 0.2) is 0 Å². The van der Waals surface area contributed by atoms with Gasteiger partial charge in [0.15, 0.2) is 0 Å². The zero-order chi connectivity index (χ0) is 9.42. The standard InChI is InChI=1S/C9H13NO3/c10-8(11)7-5-3-1-2-4-6(5)13-9(7)12/h5-7H,1-4H2,(H2,10,11). The van der Waals surface area contributed by atoms with Crippen molar-refractivity contribution in [3.05, 3.63) is 0 Å². The SMILES string of the molecule is NC(=O)C1C(=O)OC2CCCCC21. The van der Waals surface area contributed by atoms with Gasteiger partial charge in [0.2, 0.25) is 5.91 Å². The Hall–Kier alpha value is -1.06. The molecule has 72 valence electrons. The molecule has 1 saturated carbocycles. The number of fused-ring (bicyclic) bond motifs is 1. The monoisotopic (exact) mass is 183 g/mol. The lowest BCUT2D eigenvalue weighted by Crippen LogP contribution is -2.34. The molecule has 0 bridgehead atoms. The smallest absolute Gasteiger partial charge is 0.319 e. The summed E-state index contributed by atoms with van der Waals surface area (Å²) in [6.45, 7) is 0. The molecule has 2 fully saturated rings. The van der Waals surface area contributed by atoms with Gasteiger partial charge in [-0.3, -0.25) is 9.59 Å². The first kappa shape index (κ1) is 8.53. The predicted octanol–water partition coefficient (Wildman–Crippen LogP) is 0.203. The van der Waals surface area contributed by atoms with Gasteiger partial charge in [-0.05, 0) is 19.3 Å². The van der Waals surface area contributed by atoms with Crippen LogP contribution in [0.2, 0.25) is 0 Å². The molecule has 0 aromatic carbocycles. The highest BCUT2D eigenvalue weighted by Crippen LogP contribution is 2.38. The van der Waals surface area contributed by atoms with Crippen LogP contribution in [0.3, 0.4) is 0 Å². The summed E-state index contributed by atoms with van der Waals surface area (Å²) < 4.78 is 5.10. The van der Waals surface area contributed by atoms with Crippen LogP contribution in [0.5, 0.6) is 0 Å². The van der Waals surface area contributed by atoms with Gasteiger partial charge < -0.3 is 10.5 Å². The largest absolute Gasteiger partial charge is 0.461 e. The van der Waals surface area contributed by atoms with Crippen molar-refractivity contribution in [2.45, 2.75) is 31.8 Å². The van der Waals surface area contributed by atoms with Gasteiger partial charge >= 0.3 is 5.97 Å². The number of primary amides is 1. The fourth-order valence-corrected chi connectivity index (χ4v) is 2.38. The Morgan fingerprint density at radius 3 is 2.77 bits per heavy atom. The average Bonchev–Trinajstić information content (AvgIpc) is 2.39. The van der Waals surface area contributed by atoms with Gasteiger partial charge in [-0.2, -0.15) is 0 Å². The first-order chi connectivity index (χ1) is 6.20. The van der Waals surface area contributed by atoms with E-state index in [9.17, 15) is 9.59 Å². The summed E-state index contributed by atoms with van der Waals surface area (Å²) in [5.41, 5.74) is 5.16.